The van der Waals surface area contributed by atoms with Crippen LogP contribution in [0.4, 0.5) is 0 Å². The van der Waals surface area contributed by atoms with Crippen molar-refractivity contribution >= 4 is 41.7 Å². The molecule has 2 aromatic rings. The first-order valence-corrected chi connectivity index (χ1v) is 11.1. The van der Waals surface area contributed by atoms with E-state index >= 15 is 0 Å². The lowest BCUT2D eigenvalue weighted by molar-refractivity contribution is 0.732. The summed E-state index contributed by atoms with van der Waals surface area (Å²) in [6, 6.07) is 10.3. The van der Waals surface area contributed by atoms with E-state index in [0.717, 1.165) is 49.8 Å². The van der Waals surface area contributed by atoms with Gasteiger partial charge in [-0.2, -0.15) is 16.9 Å². The number of thioether (sulfide) groups is 1. The zero-order valence-corrected chi connectivity index (χ0v) is 20.0. The van der Waals surface area contributed by atoms with Crippen molar-refractivity contribution in [3.05, 3.63) is 47.8 Å². The Kier molecular flexibility index (Phi) is 10.2. The van der Waals surface area contributed by atoms with Crippen LogP contribution in [0.5, 0.6) is 0 Å². The van der Waals surface area contributed by atoms with Gasteiger partial charge in [0, 0.05) is 24.5 Å². The molecule has 1 fully saturated rings. The molecule has 0 saturated carbocycles. The summed E-state index contributed by atoms with van der Waals surface area (Å²) in [5.41, 5.74) is 3.53. The van der Waals surface area contributed by atoms with E-state index in [0.29, 0.717) is 5.25 Å². The third-order valence-electron chi connectivity index (χ3n) is 4.76. The maximum Gasteiger partial charge on any atom is 0.191 e. The zero-order valence-electron chi connectivity index (χ0n) is 16.9. The van der Waals surface area contributed by atoms with Crippen LogP contribution in [0, 0.1) is 6.92 Å². The molecule has 0 radical (unpaired) electrons. The number of aryl methyl sites for hydroxylation is 2. The fourth-order valence-electron chi connectivity index (χ4n) is 3.26. The summed E-state index contributed by atoms with van der Waals surface area (Å²) in [5, 5.41) is 12.2. The van der Waals surface area contributed by atoms with Crippen LogP contribution in [0.15, 0.2) is 41.5 Å². The molecule has 0 bridgehead atoms. The maximum atomic E-state index is 4.76. The van der Waals surface area contributed by atoms with Crippen molar-refractivity contribution in [3.8, 4) is 5.69 Å². The van der Waals surface area contributed by atoms with Crippen LogP contribution < -0.4 is 10.6 Å². The highest BCUT2D eigenvalue weighted by Gasteiger charge is 2.15. The van der Waals surface area contributed by atoms with E-state index in [-0.39, 0.29) is 24.0 Å². The molecular formula is C21H32IN5S. The molecular weight excluding hydrogens is 481 g/mol. The van der Waals surface area contributed by atoms with E-state index in [1.807, 2.05) is 22.9 Å². The summed E-state index contributed by atoms with van der Waals surface area (Å²) >= 11 is 2.06. The topological polar surface area (TPSA) is 54.2 Å². The molecule has 5 nitrogen and oxygen atoms in total. The minimum Gasteiger partial charge on any atom is -0.357 e. The monoisotopic (exact) mass is 513 g/mol. The molecule has 28 heavy (non-hydrogen) atoms. The average molecular weight is 513 g/mol. The average Bonchev–Trinajstić information content (AvgIpc) is 3.34. The Hall–Kier alpha value is -1.22. The number of para-hydroxylation sites is 1. The highest BCUT2D eigenvalue weighted by Crippen LogP contribution is 2.26. The number of nitrogens with zero attached hydrogens (tertiary/aromatic N) is 3. The fraction of sp³-hybridized carbons (Fsp3) is 0.524. The summed E-state index contributed by atoms with van der Waals surface area (Å²) in [7, 11) is 0. The molecule has 1 aromatic carbocycles. The lowest BCUT2D eigenvalue weighted by Crippen LogP contribution is -2.38. The van der Waals surface area contributed by atoms with Crippen LogP contribution in [0.25, 0.3) is 5.69 Å². The Morgan fingerprint density at radius 1 is 1.29 bits per heavy atom. The van der Waals surface area contributed by atoms with E-state index in [1.54, 1.807) is 0 Å². The van der Waals surface area contributed by atoms with E-state index in [1.165, 1.54) is 24.2 Å². The van der Waals surface area contributed by atoms with E-state index in [4.69, 9.17) is 4.99 Å². The van der Waals surface area contributed by atoms with Gasteiger partial charge in [0.2, 0.25) is 0 Å². The lowest BCUT2D eigenvalue weighted by atomic mass is 10.1. The third-order valence-corrected chi connectivity index (χ3v) is 6.14. The molecule has 0 spiro atoms. The largest absolute Gasteiger partial charge is 0.357 e. The van der Waals surface area contributed by atoms with Crippen LogP contribution >= 0.6 is 35.7 Å². The second-order valence-corrected chi connectivity index (χ2v) is 8.31. The maximum absolute atomic E-state index is 4.76. The summed E-state index contributed by atoms with van der Waals surface area (Å²) in [4.78, 5) is 4.76. The third kappa shape index (κ3) is 6.99. The highest BCUT2D eigenvalue weighted by molar-refractivity contribution is 14.0. The van der Waals surface area contributed by atoms with E-state index in [9.17, 15) is 0 Å². The predicted molar refractivity (Wildman–Crippen MR) is 131 cm³/mol. The standard InChI is InChI=1S/C21H31N5S.HI/c1-3-22-21(24-15-20-12-8-14-27-20)23-13-7-9-18-16-26(25-17(18)2)19-10-5-4-6-11-19;/h4-6,10-11,16,20H,3,7-9,12-15H2,1-2H3,(H2,22,23,24);1H. The van der Waals surface area contributed by atoms with Gasteiger partial charge in [0.05, 0.1) is 17.9 Å². The van der Waals surface area contributed by atoms with Gasteiger partial charge in [0.1, 0.15) is 0 Å². The first-order valence-electron chi connectivity index (χ1n) is 10.0. The van der Waals surface area contributed by atoms with Crippen LogP contribution in [0.2, 0.25) is 0 Å². The second-order valence-electron chi connectivity index (χ2n) is 6.90. The molecule has 7 heteroatoms. The molecule has 1 unspecified atom stereocenters. The van der Waals surface area contributed by atoms with Gasteiger partial charge in [0.25, 0.3) is 0 Å². The smallest absolute Gasteiger partial charge is 0.191 e. The van der Waals surface area contributed by atoms with Crippen molar-refractivity contribution in [2.45, 2.75) is 44.8 Å². The van der Waals surface area contributed by atoms with Crippen molar-refractivity contribution in [1.29, 1.82) is 0 Å². The van der Waals surface area contributed by atoms with Gasteiger partial charge in [-0.15, -0.1) is 24.0 Å². The molecule has 2 N–H and O–H groups in total. The Labute approximate surface area is 190 Å². The van der Waals surface area contributed by atoms with Crippen LogP contribution in [0.3, 0.4) is 0 Å². The summed E-state index contributed by atoms with van der Waals surface area (Å²) in [5.74, 6) is 2.24. The summed E-state index contributed by atoms with van der Waals surface area (Å²) in [6.45, 7) is 6.94. The van der Waals surface area contributed by atoms with Crippen molar-refractivity contribution < 1.29 is 0 Å². The number of benzene rings is 1. The van der Waals surface area contributed by atoms with Crippen molar-refractivity contribution in [2.24, 2.45) is 4.99 Å². The van der Waals surface area contributed by atoms with Crippen LogP contribution in [0.1, 0.15) is 37.4 Å². The van der Waals surface area contributed by atoms with Crippen LogP contribution in [-0.2, 0) is 6.42 Å². The molecule has 0 aliphatic carbocycles. The number of aromatic nitrogens is 2. The number of halogens is 1. The molecule has 1 aromatic heterocycles. The first kappa shape index (κ1) is 23.1. The molecule has 1 aliphatic heterocycles. The quantitative estimate of drug-likeness (QED) is 0.241. The fourth-order valence-corrected chi connectivity index (χ4v) is 4.44. The van der Waals surface area contributed by atoms with Gasteiger partial charge in [-0.25, -0.2) is 4.68 Å². The number of nitrogens with one attached hydrogen (secondary N) is 2. The van der Waals surface area contributed by atoms with E-state index < -0.39 is 0 Å². The zero-order chi connectivity index (χ0) is 18.9. The van der Waals surface area contributed by atoms with Crippen molar-refractivity contribution in [1.82, 2.24) is 20.4 Å². The Balaban J connectivity index is 0.00000280. The Morgan fingerprint density at radius 3 is 2.82 bits per heavy atom. The van der Waals surface area contributed by atoms with Crippen LogP contribution in [-0.4, -0.2) is 46.4 Å². The number of rotatable bonds is 8. The minimum atomic E-state index is 0. The normalized spacial score (nSPS) is 16.6. The number of aliphatic imine (C=N–C) groups is 1. The molecule has 1 saturated heterocycles. The molecule has 3 rings (SSSR count). The van der Waals surface area contributed by atoms with Gasteiger partial charge in [-0.1, -0.05) is 18.2 Å². The Bertz CT molecular complexity index is 726. The molecule has 0 amide bonds. The highest BCUT2D eigenvalue weighted by atomic mass is 127. The molecule has 2 heterocycles. The van der Waals surface area contributed by atoms with Gasteiger partial charge < -0.3 is 10.6 Å². The van der Waals surface area contributed by atoms with Gasteiger partial charge in [-0.05, 0) is 63.0 Å². The number of hydrogen-bond donors (Lipinski definition) is 2. The second kappa shape index (κ2) is 12.4. The first-order chi connectivity index (χ1) is 13.3. The predicted octanol–water partition coefficient (Wildman–Crippen LogP) is 4.18. The summed E-state index contributed by atoms with van der Waals surface area (Å²) in [6.07, 6.45) is 6.87. The molecule has 1 aliphatic rings. The molecule has 1 atom stereocenters. The van der Waals surface area contributed by atoms with Crippen molar-refractivity contribution in [3.63, 3.8) is 0 Å². The minimum absolute atomic E-state index is 0. The van der Waals surface area contributed by atoms with Gasteiger partial charge >= 0.3 is 0 Å². The van der Waals surface area contributed by atoms with Gasteiger partial charge in [0.15, 0.2) is 5.96 Å². The van der Waals surface area contributed by atoms with E-state index in [2.05, 4.69) is 59.7 Å². The number of guanidine groups is 1. The van der Waals surface area contributed by atoms with Crippen molar-refractivity contribution in [2.75, 3.05) is 25.4 Å². The number of hydrogen-bond acceptors (Lipinski definition) is 3. The summed E-state index contributed by atoms with van der Waals surface area (Å²) < 4.78 is 1.98. The lowest BCUT2D eigenvalue weighted by Gasteiger charge is -2.12. The van der Waals surface area contributed by atoms with Gasteiger partial charge in [-0.3, -0.25) is 4.99 Å². The Morgan fingerprint density at radius 2 is 2.11 bits per heavy atom. The SMILES string of the molecule is CCNC(=NCC1CCCS1)NCCCc1cn(-c2ccccc2)nc1C.I. The molecule has 154 valence electrons.